The third-order valence-corrected chi connectivity index (χ3v) is 4.49. The van der Waals surface area contributed by atoms with Crippen molar-refractivity contribution < 1.29 is 9.18 Å². The molecule has 0 bridgehead atoms. The molecule has 0 saturated carbocycles. The van der Waals surface area contributed by atoms with Gasteiger partial charge in [-0.25, -0.2) is 4.39 Å². The Hall–Kier alpha value is -2.20. The molecule has 0 aromatic heterocycles. The predicted octanol–water partition coefficient (Wildman–Crippen LogP) is 4.90. The Bertz CT molecular complexity index is 917. The molecule has 1 aliphatic heterocycles. The van der Waals surface area contributed by atoms with Crippen LogP contribution in [-0.2, 0) is 6.54 Å². The highest BCUT2D eigenvalue weighted by molar-refractivity contribution is 9.10. The van der Waals surface area contributed by atoms with Crippen molar-refractivity contribution in [3.8, 4) is 0 Å². The monoisotopic (exact) mass is 355 g/mol. The van der Waals surface area contributed by atoms with E-state index in [1.54, 1.807) is 17.0 Å². The summed E-state index contributed by atoms with van der Waals surface area (Å²) in [7, 11) is 0. The highest BCUT2D eigenvalue weighted by atomic mass is 79.9. The van der Waals surface area contributed by atoms with E-state index >= 15 is 0 Å². The van der Waals surface area contributed by atoms with Crippen molar-refractivity contribution in [2.45, 2.75) is 6.54 Å². The van der Waals surface area contributed by atoms with Crippen molar-refractivity contribution >= 4 is 38.3 Å². The first-order valence-corrected chi connectivity index (χ1v) is 7.72. The Kier molecular flexibility index (Phi) is 3.01. The van der Waals surface area contributed by atoms with Gasteiger partial charge in [0.1, 0.15) is 5.82 Å². The number of halogens is 2. The second-order valence-corrected chi connectivity index (χ2v) is 6.22. The highest BCUT2D eigenvalue weighted by Crippen LogP contribution is 2.38. The summed E-state index contributed by atoms with van der Waals surface area (Å²) in [6, 6.07) is 16.4. The van der Waals surface area contributed by atoms with Gasteiger partial charge in [0.05, 0.1) is 12.2 Å². The molecule has 0 aliphatic carbocycles. The molecule has 1 heterocycles. The molecule has 108 valence electrons. The Balaban J connectivity index is 1.82. The molecular weight excluding hydrogens is 345 g/mol. The minimum atomic E-state index is -0.315. The van der Waals surface area contributed by atoms with E-state index in [4.69, 9.17) is 0 Å². The van der Waals surface area contributed by atoms with Gasteiger partial charge in [0.25, 0.3) is 5.91 Å². The first-order valence-electron chi connectivity index (χ1n) is 6.93. The maximum atomic E-state index is 14.1. The number of hydrogen-bond donors (Lipinski definition) is 0. The standard InChI is InChI=1S/C18H11BrFNO/c19-13-8-7-12(15(20)9-13)10-21-16-6-2-4-11-3-1-5-14(17(11)16)18(21)22/h1-9H,10H2. The van der Waals surface area contributed by atoms with Crippen molar-refractivity contribution in [2.24, 2.45) is 0 Å². The summed E-state index contributed by atoms with van der Waals surface area (Å²) in [6.07, 6.45) is 0. The lowest BCUT2D eigenvalue weighted by atomic mass is 10.1. The quantitative estimate of drug-likeness (QED) is 0.640. The molecule has 1 aliphatic rings. The van der Waals surface area contributed by atoms with Crippen LogP contribution in [0.4, 0.5) is 10.1 Å². The molecule has 0 spiro atoms. The zero-order chi connectivity index (χ0) is 15.3. The molecule has 4 rings (SSSR count). The summed E-state index contributed by atoms with van der Waals surface area (Å²) in [6.45, 7) is 0.228. The fourth-order valence-electron chi connectivity index (χ4n) is 2.96. The van der Waals surface area contributed by atoms with Gasteiger partial charge in [-0.3, -0.25) is 4.79 Å². The lowest BCUT2D eigenvalue weighted by Gasteiger charge is -2.18. The van der Waals surface area contributed by atoms with E-state index in [-0.39, 0.29) is 18.3 Å². The molecule has 22 heavy (non-hydrogen) atoms. The highest BCUT2D eigenvalue weighted by Gasteiger charge is 2.29. The van der Waals surface area contributed by atoms with Gasteiger partial charge in [-0.05, 0) is 29.7 Å². The van der Waals surface area contributed by atoms with E-state index in [0.717, 1.165) is 16.5 Å². The Morgan fingerprint density at radius 1 is 1.05 bits per heavy atom. The summed E-state index contributed by atoms with van der Waals surface area (Å²) in [5.74, 6) is -0.389. The van der Waals surface area contributed by atoms with Gasteiger partial charge >= 0.3 is 0 Å². The smallest absolute Gasteiger partial charge is 0.259 e. The van der Waals surface area contributed by atoms with Crippen LogP contribution in [0.5, 0.6) is 0 Å². The molecule has 3 aromatic rings. The number of carbonyl (C=O) groups is 1. The van der Waals surface area contributed by atoms with Crippen LogP contribution in [0, 0.1) is 5.82 Å². The molecule has 2 nitrogen and oxygen atoms in total. The Morgan fingerprint density at radius 3 is 2.59 bits per heavy atom. The maximum absolute atomic E-state index is 14.1. The van der Waals surface area contributed by atoms with Gasteiger partial charge in [-0.15, -0.1) is 0 Å². The summed E-state index contributed by atoms with van der Waals surface area (Å²) in [5, 5.41) is 1.98. The second-order valence-electron chi connectivity index (χ2n) is 5.31. The van der Waals surface area contributed by atoms with Crippen molar-refractivity contribution in [1.29, 1.82) is 0 Å². The Labute approximate surface area is 135 Å². The number of rotatable bonds is 2. The minimum absolute atomic E-state index is 0.0749. The van der Waals surface area contributed by atoms with Crippen LogP contribution in [-0.4, -0.2) is 5.91 Å². The molecule has 0 saturated heterocycles. The van der Waals surface area contributed by atoms with Crippen LogP contribution in [0.1, 0.15) is 15.9 Å². The van der Waals surface area contributed by atoms with Gasteiger partial charge in [-0.1, -0.05) is 46.3 Å². The van der Waals surface area contributed by atoms with Crippen LogP contribution in [0.15, 0.2) is 59.1 Å². The Morgan fingerprint density at radius 2 is 1.82 bits per heavy atom. The molecule has 4 heteroatoms. The molecular formula is C18H11BrFNO. The van der Waals surface area contributed by atoms with Gasteiger partial charge in [0.2, 0.25) is 0 Å². The lowest BCUT2D eigenvalue weighted by molar-refractivity contribution is 0.0991. The van der Waals surface area contributed by atoms with Gasteiger partial charge in [-0.2, -0.15) is 0 Å². The average molecular weight is 356 g/mol. The first kappa shape index (κ1) is 13.5. The normalized spacial score (nSPS) is 13.2. The van der Waals surface area contributed by atoms with Crippen molar-refractivity contribution in [1.82, 2.24) is 0 Å². The fraction of sp³-hybridized carbons (Fsp3) is 0.0556. The number of nitrogens with zero attached hydrogens (tertiary/aromatic N) is 1. The molecule has 1 amide bonds. The second kappa shape index (κ2) is 4.92. The third-order valence-electron chi connectivity index (χ3n) is 3.99. The number of hydrogen-bond acceptors (Lipinski definition) is 1. The molecule has 3 aromatic carbocycles. The number of carbonyl (C=O) groups excluding carboxylic acids is 1. The fourth-order valence-corrected chi connectivity index (χ4v) is 3.29. The molecule has 0 fully saturated rings. The molecule has 0 unspecified atom stereocenters. The van der Waals surface area contributed by atoms with Crippen molar-refractivity contribution in [2.75, 3.05) is 4.90 Å². The van der Waals surface area contributed by atoms with Gasteiger partial charge in [0, 0.05) is 21.0 Å². The zero-order valence-electron chi connectivity index (χ0n) is 11.5. The number of anilines is 1. The minimum Gasteiger partial charge on any atom is -0.303 e. The molecule has 0 atom stereocenters. The van der Waals surface area contributed by atoms with Gasteiger partial charge < -0.3 is 4.90 Å². The van der Waals surface area contributed by atoms with Crippen LogP contribution in [0.2, 0.25) is 0 Å². The molecule has 0 N–H and O–H groups in total. The summed E-state index contributed by atoms with van der Waals surface area (Å²) in [4.78, 5) is 14.3. The number of benzene rings is 3. The molecule has 0 radical (unpaired) electrons. The average Bonchev–Trinajstić information content (AvgIpc) is 2.78. The topological polar surface area (TPSA) is 20.3 Å². The van der Waals surface area contributed by atoms with Crippen LogP contribution < -0.4 is 4.90 Å². The zero-order valence-corrected chi connectivity index (χ0v) is 13.1. The van der Waals surface area contributed by atoms with E-state index in [1.165, 1.54) is 6.07 Å². The number of amides is 1. The summed E-state index contributed by atoms with van der Waals surface area (Å²) >= 11 is 3.25. The van der Waals surface area contributed by atoms with E-state index in [9.17, 15) is 9.18 Å². The van der Waals surface area contributed by atoms with Crippen molar-refractivity contribution in [3.63, 3.8) is 0 Å². The summed E-state index contributed by atoms with van der Waals surface area (Å²) in [5.41, 5.74) is 2.03. The lowest BCUT2D eigenvalue weighted by Crippen LogP contribution is -2.26. The maximum Gasteiger partial charge on any atom is 0.259 e. The van der Waals surface area contributed by atoms with E-state index in [2.05, 4.69) is 15.9 Å². The van der Waals surface area contributed by atoms with E-state index in [1.807, 2.05) is 36.4 Å². The van der Waals surface area contributed by atoms with Crippen molar-refractivity contribution in [3.05, 3.63) is 76.0 Å². The van der Waals surface area contributed by atoms with Crippen LogP contribution in [0.25, 0.3) is 10.8 Å². The van der Waals surface area contributed by atoms with E-state index < -0.39 is 0 Å². The SMILES string of the molecule is O=C1c2cccc3cccc(c23)N1Cc1ccc(Br)cc1F. The van der Waals surface area contributed by atoms with Crippen LogP contribution in [0.3, 0.4) is 0 Å². The van der Waals surface area contributed by atoms with Gasteiger partial charge in [0.15, 0.2) is 0 Å². The largest absolute Gasteiger partial charge is 0.303 e. The first-order chi connectivity index (χ1) is 10.6. The van der Waals surface area contributed by atoms with E-state index in [0.29, 0.717) is 15.6 Å². The summed E-state index contributed by atoms with van der Waals surface area (Å²) < 4.78 is 14.8. The predicted molar refractivity (Wildman–Crippen MR) is 88.6 cm³/mol. The van der Waals surface area contributed by atoms with Crippen LogP contribution >= 0.6 is 15.9 Å². The third kappa shape index (κ3) is 1.95.